The third-order valence-electron chi connectivity index (χ3n) is 2.96. The molecule has 0 radical (unpaired) electrons. The number of nitrogens with one attached hydrogen (secondary N) is 1. The summed E-state index contributed by atoms with van der Waals surface area (Å²) in [6.45, 7) is 5.48. The first kappa shape index (κ1) is 13.8. The van der Waals surface area contributed by atoms with Crippen molar-refractivity contribution < 1.29 is 4.74 Å². The molecule has 0 heterocycles. The van der Waals surface area contributed by atoms with E-state index < -0.39 is 0 Å². The number of hydrogen-bond donors (Lipinski definition) is 1. The predicted molar refractivity (Wildman–Crippen MR) is 81.4 cm³/mol. The standard InChI is InChI=1S/C16H18ClNO/c1-12-5-3-4-6-15(12)18-9-10-19-16-8-7-14(17)11-13(16)2/h3-8,11,18H,9-10H2,1-2H3. The highest BCUT2D eigenvalue weighted by Crippen LogP contribution is 2.21. The summed E-state index contributed by atoms with van der Waals surface area (Å²) in [4.78, 5) is 0. The number of rotatable bonds is 5. The lowest BCUT2D eigenvalue weighted by Gasteiger charge is -2.12. The van der Waals surface area contributed by atoms with Crippen molar-refractivity contribution in [2.24, 2.45) is 0 Å². The second kappa shape index (κ2) is 6.48. The number of ether oxygens (including phenoxy) is 1. The van der Waals surface area contributed by atoms with Crippen molar-refractivity contribution in [3.05, 3.63) is 58.6 Å². The number of benzene rings is 2. The minimum absolute atomic E-state index is 0.622. The lowest BCUT2D eigenvalue weighted by Crippen LogP contribution is -2.12. The number of halogens is 1. The Morgan fingerprint density at radius 1 is 1.05 bits per heavy atom. The summed E-state index contributed by atoms with van der Waals surface area (Å²) in [5, 5.41) is 4.10. The third kappa shape index (κ3) is 3.90. The molecule has 0 aromatic heterocycles. The van der Waals surface area contributed by atoms with Gasteiger partial charge in [0.2, 0.25) is 0 Å². The van der Waals surface area contributed by atoms with Crippen LogP contribution in [0.1, 0.15) is 11.1 Å². The lowest BCUT2D eigenvalue weighted by atomic mass is 10.2. The molecule has 0 aliphatic carbocycles. The fraction of sp³-hybridized carbons (Fsp3) is 0.250. The maximum absolute atomic E-state index is 5.91. The van der Waals surface area contributed by atoms with E-state index in [1.54, 1.807) is 0 Å². The highest BCUT2D eigenvalue weighted by Gasteiger charge is 2.00. The van der Waals surface area contributed by atoms with Crippen molar-refractivity contribution in [1.82, 2.24) is 0 Å². The molecule has 0 spiro atoms. The average Bonchev–Trinajstić information content (AvgIpc) is 2.38. The van der Waals surface area contributed by atoms with Crippen LogP contribution in [0, 0.1) is 13.8 Å². The van der Waals surface area contributed by atoms with E-state index in [1.807, 2.05) is 37.3 Å². The Hall–Kier alpha value is -1.67. The first-order valence-electron chi connectivity index (χ1n) is 6.35. The highest BCUT2D eigenvalue weighted by atomic mass is 35.5. The molecule has 0 unspecified atom stereocenters. The number of anilines is 1. The normalized spacial score (nSPS) is 10.3. The molecule has 0 fully saturated rings. The molecular formula is C16H18ClNO. The van der Waals surface area contributed by atoms with Gasteiger partial charge in [-0.15, -0.1) is 0 Å². The molecule has 1 N–H and O–H groups in total. The van der Waals surface area contributed by atoms with E-state index in [0.717, 1.165) is 28.6 Å². The Bertz CT molecular complexity index is 554. The van der Waals surface area contributed by atoms with Gasteiger partial charge in [0.1, 0.15) is 12.4 Å². The Labute approximate surface area is 119 Å². The molecule has 2 rings (SSSR count). The molecular weight excluding hydrogens is 258 g/mol. The van der Waals surface area contributed by atoms with Crippen molar-refractivity contribution in [3.63, 3.8) is 0 Å². The molecule has 0 amide bonds. The van der Waals surface area contributed by atoms with Crippen LogP contribution >= 0.6 is 11.6 Å². The molecule has 0 aliphatic heterocycles. The topological polar surface area (TPSA) is 21.3 Å². The van der Waals surface area contributed by atoms with Crippen LogP contribution in [0.15, 0.2) is 42.5 Å². The van der Waals surface area contributed by atoms with Crippen molar-refractivity contribution in [1.29, 1.82) is 0 Å². The zero-order valence-corrected chi connectivity index (χ0v) is 12.0. The Kier molecular flexibility index (Phi) is 4.69. The summed E-state index contributed by atoms with van der Waals surface area (Å²) in [5.74, 6) is 0.885. The fourth-order valence-electron chi connectivity index (χ4n) is 1.89. The molecule has 2 nitrogen and oxygen atoms in total. The van der Waals surface area contributed by atoms with Crippen LogP contribution in [-0.2, 0) is 0 Å². The van der Waals surface area contributed by atoms with E-state index >= 15 is 0 Å². The van der Waals surface area contributed by atoms with Gasteiger partial charge in [-0.3, -0.25) is 0 Å². The molecule has 0 bridgehead atoms. The Morgan fingerprint density at radius 2 is 1.84 bits per heavy atom. The van der Waals surface area contributed by atoms with Crippen molar-refractivity contribution in [3.8, 4) is 5.75 Å². The first-order chi connectivity index (χ1) is 9.16. The smallest absolute Gasteiger partial charge is 0.122 e. The van der Waals surface area contributed by atoms with E-state index in [1.165, 1.54) is 5.56 Å². The number of aryl methyl sites for hydroxylation is 2. The molecule has 0 atom stereocenters. The zero-order valence-electron chi connectivity index (χ0n) is 11.2. The van der Waals surface area contributed by atoms with E-state index in [4.69, 9.17) is 16.3 Å². The minimum atomic E-state index is 0.622. The van der Waals surface area contributed by atoms with E-state index in [-0.39, 0.29) is 0 Å². The van der Waals surface area contributed by atoms with Crippen molar-refractivity contribution in [2.75, 3.05) is 18.5 Å². The van der Waals surface area contributed by atoms with Gasteiger partial charge in [0.15, 0.2) is 0 Å². The quantitative estimate of drug-likeness (QED) is 0.814. The molecule has 2 aromatic rings. The van der Waals surface area contributed by atoms with Gasteiger partial charge in [0.25, 0.3) is 0 Å². The van der Waals surface area contributed by atoms with Gasteiger partial charge in [-0.25, -0.2) is 0 Å². The van der Waals surface area contributed by atoms with Crippen molar-refractivity contribution in [2.45, 2.75) is 13.8 Å². The summed E-state index contributed by atoms with van der Waals surface area (Å²) in [6, 6.07) is 13.9. The maximum atomic E-state index is 5.91. The van der Waals surface area contributed by atoms with Crippen molar-refractivity contribution >= 4 is 17.3 Å². The second-order valence-corrected chi connectivity index (χ2v) is 4.94. The number of para-hydroxylation sites is 1. The Balaban J connectivity index is 1.83. The van der Waals surface area contributed by atoms with Crippen LogP contribution in [0.25, 0.3) is 0 Å². The van der Waals surface area contributed by atoms with Gasteiger partial charge in [0, 0.05) is 17.3 Å². The molecule has 0 aliphatic rings. The largest absolute Gasteiger partial charge is 0.491 e. The maximum Gasteiger partial charge on any atom is 0.122 e. The summed E-state index contributed by atoms with van der Waals surface area (Å²) in [7, 11) is 0. The van der Waals surface area contributed by atoms with E-state index in [0.29, 0.717) is 6.61 Å². The fourth-order valence-corrected chi connectivity index (χ4v) is 2.12. The lowest BCUT2D eigenvalue weighted by molar-refractivity contribution is 0.330. The van der Waals surface area contributed by atoms with Crippen LogP contribution in [0.4, 0.5) is 5.69 Å². The third-order valence-corrected chi connectivity index (χ3v) is 3.19. The molecule has 2 aromatic carbocycles. The average molecular weight is 276 g/mol. The summed E-state index contributed by atoms with van der Waals surface area (Å²) in [5.41, 5.74) is 3.45. The summed E-state index contributed by atoms with van der Waals surface area (Å²) < 4.78 is 5.73. The van der Waals surface area contributed by atoms with Gasteiger partial charge in [-0.2, -0.15) is 0 Å². The van der Waals surface area contributed by atoms with Crippen LogP contribution in [0.3, 0.4) is 0 Å². The molecule has 0 saturated carbocycles. The van der Waals surface area contributed by atoms with Gasteiger partial charge in [-0.1, -0.05) is 29.8 Å². The highest BCUT2D eigenvalue weighted by molar-refractivity contribution is 6.30. The second-order valence-electron chi connectivity index (χ2n) is 4.50. The van der Waals surface area contributed by atoms with E-state index in [2.05, 4.69) is 24.4 Å². The van der Waals surface area contributed by atoms with Crippen LogP contribution in [0.5, 0.6) is 5.75 Å². The molecule has 100 valence electrons. The van der Waals surface area contributed by atoms with Gasteiger partial charge in [-0.05, 0) is 49.2 Å². The van der Waals surface area contributed by atoms with Crippen LogP contribution in [-0.4, -0.2) is 13.2 Å². The van der Waals surface area contributed by atoms with Gasteiger partial charge in [0.05, 0.1) is 0 Å². The van der Waals surface area contributed by atoms with Crippen LogP contribution in [0.2, 0.25) is 5.02 Å². The van der Waals surface area contributed by atoms with Crippen LogP contribution < -0.4 is 10.1 Å². The van der Waals surface area contributed by atoms with E-state index in [9.17, 15) is 0 Å². The molecule has 0 saturated heterocycles. The van der Waals surface area contributed by atoms with Gasteiger partial charge >= 0.3 is 0 Å². The molecule has 19 heavy (non-hydrogen) atoms. The zero-order chi connectivity index (χ0) is 13.7. The predicted octanol–water partition coefficient (Wildman–Crippen LogP) is 4.45. The first-order valence-corrected chi connectivity index (χ1v) is 6.73. The SMILES string of the molecule is Cc1ccccc1NCCOc1ccc(Cl)cc1C. The summed E-state index contributed by atoms with van der Waals surface area (Å²) >= 11 is 5.91. The minimum Gasteiger partial charge on any atom is -0.491 e. The molecule has 3 heteroatoms. The number of hydrogen-bond acceptors (Lipinski definition) is 2. The monoisotopic (exact) mass is 275 g/mol. The summed E-state index contributed by atoms with van der Waals surface area (Å²) in [6.07, 6.45) is 0. The Morgan fingerprint density at radius 3 is 2.58 bits per heavy atom. The van der Waals surface area contributed by atoms with Gasteiger partial charge < -0.3 is 10.1 Å².